The van der Waals surface area contributed by atoms with E-state index >= 15 is 0 Å². The van der Waals surface area contributed by atoms with Gasteiger partial charge in [0.05, 0.1) is 15.2 Å². The van der Waals surface area contributed by atoms with Crippen LogP contribution in [0, 0.1) is 0 Å². The van der Waals surface area contributed by atoms with Crippen LogP contribution in [0.15, 0.2) is 18.2 Å². The number of para-hydroxylation sites is 1. The van der Waals surface area contributed by atoms with Gasteiger partial charge >= 0.3 is 0 Å². The van der Waals surface area contributed by atoms with Crippen LogP contribution in [0.4, 0.5) is 0 Å². The van der Waals surface area contributed by atoms with E-state index in [1.807, 2.05) is 0 Å². The summed E-state index contributed by atoms with van der Waals surface area (Å²) in [6.45, 7) is 8.62. The summed E-state index contributed by atoms with van der Waals surface area (Å²) in [6.07, 6.45) is 1.54. The number of carbonyl (C=O) groups is 1. The smallest absolute Gasteiger partial charge is 0.120 e. The first kappa shape index (κ1) is 13.2. The van der Waals surface area contributed by atoms with Gasteiger partial charge in [-0.2, -0.15) is 0 Å². The molecule has 0 N–H and O–H groups in total. The number of aromatic nitrogens is 1. The van der Waals surface area contributed by atoms with Gasteiger partial charge in [-0.1, -0.05) is 39.8 Å². The molecule has 0 spiro atoms. The normalized spacial score (nSPS) is 13.8. The molecule has 96 valence electrons. The standard InChI is InChI=1S/C15H19NOS/c1-10(8-9-17)11-6-5-7-12-13(11)16-14(18-12)15(2,3)4/h5-7,9-10H,8H2,1-4H3. The maximum atomic E-state index is 10.7. The van der Waals surface area contributed by atoms with Crippen LogP contribution < -0.4 is 0 Å². The monoisotopic (exact) mass is 261 g/mol. The van der Waals surface area contributed by atoms with Crippen molar-refractivity contribution in [2.75, 3.05) is 0 Å². The molecule has 0 aliphatic rings. The van der Waals surface area contributed by atoms with E-state index in [1.54, 1.807) is 11.3 Å². The molecule has 2 rings (SSSR count). The van der Waals surface area contributed by atoms with Crippen molar-refractivity contribution in [2.45, 2.75) is 45.4 Å². The van der Waals surface area contributed by atoms with Crippen LogP contribution in [0.3, 0.4) is 0 Å². The van der Waals surface area contributed by atoms with Gasteiger partial charge < -0.3 is 4.79 Å². The van der Waals surface area contributed by atoms with Crippen LogP contribution in [-0.4, -0.2) is 11.3 Å². The fraction of sp³-hybridized carbons (Fsp3) is 0.467. The van der Waals surface area contributed by atoms with Crippen LogP contribution >= 0.6 is 11.3 Å². The Labute approximate surface area is 112 Å². The first-order valence-corrected chi connectivity index (χ1v) is 7.08. The Bertz CT molecular complexity index is 565. The van der Waals surface area contributed by atoms with Gasteiger partial charge in [-0.15, -0.1) is 11.3 Å². The van der Waals surface area contributed by atoms with E-state index in [0.29, 0.717) is 6.42 Å². The average Bonchev–Trinajstić information content (AvgIpc) is 2.72. The third kappa shape index (κ3) is 2.46. The van der Waals surface area contributed by atoms with E-state index in [-0.39, 0.29) is 11.3 Å². The minimum atomic E-state index is 0.0782. The molecule has 1 aromatic heterocycles. The summed E-state index contributed by atoms with van der Waals surface area (Å²) in [4.78, 5) is 15.5. The largest absolute Gasteiger partial charge is 0.303 e. The fourth-order valence-corrected chi connectivity index (χ4v) is 3.02. The molecule has 0 amide bonds. The number of hydrogen-bond donors (Lipinski definition) is 0. The summed E-state index contributed by atoms with van der Waals surface area (Å²) in [5, 5.41) is 1.16. The average molecular weight is 261 g/mol. The highest BCUT2D eigenvalue weighted by atomic mass is 32.1. The molecule has 1 heterocycles. The second-order valence-electron chi connectivity index (χ2n) is 5.77. The van der Waals surface area contributed by atoms with E-state index in [9.17, 15) is 4.79 Å². The molecule has 1 atom stereocenters. The highest BCUT2D eigenvalue weighted by molar-refractivity contribution is 7.18. The molecule has 1 unspecified atom stereocenters. The summed E-state index contributed by atoms with van der Waals surface area (Å²) in [7, 11) is 0. The van der Waals surface area contributed by atoms with E-state index in [2.05, 4.69) is 45.9 Å². The number of fused-ring (bicyclic) bond motifs is 1. The zero-order chi connectivity index (χ0) is 13.3. The molecule has 1 aromatic carbocycles. The van der Waals surface area contributed by atoms with Crippen molar-refractivity contribution < 1.29 is 4.79 Å². The summed E-state index contributed by atoms with van der Waals surface area (Å²) >= 11 is 1.75. The maximum absolute atomic E-state index is 10.7. The second-order valence-corrected chi connectivity index (χ2v) is 6.80. The first-order valence-electron chi connectivity index (χ1n) is 6.27. The number of hydrogen-bond acceptors (Lipinski definition) is 3. The van der Waals surface area contributed by atoms with Gasteiger partial charge in [0.2, 0.25) is 0 Å². The number of nitrogens with zero attached hydrogens (tertiary/aromatic N) is 1. The topological polar surface area (TPSA) is 30.0 Å². The summed E-state index contributed by atoms with van der Waals surface area (Å²) < 4.78 is 1.22. The Hall–Kier alpha value is -1.22. The van der Waals surface area contributed by atoms with Gasteiger partial charge in [0.15, 0.2) is 0 Å². The van der Waals surface area contributed by atoms with Gasteiger partial charge in [0.25, 0.3) is 0 Å². The lowest BCUT2D eigenvalue weighted by Crippen LogP contribution is -2.10. The minimum absolute atomic E-state index is 0.0782. The SMILES string of the molecule is CC(CC=O)c1cccc2sc(C(C)(C)C)nc12. The van der Waals surface area contributed by atoms with Gasteiger partial charge in [0, 0.05) is 11.8 Å². The molecule has 2 nitrogen and oxygen atoms in total. The Kier molecular flexibility index (Phi) is 3.53. The summed E-state index contributed by atoms with van der Waals surface area (Å²) in [5.41, 5.74) is 2.34. The predicted octanol–water partition coefficient (Wildman–Crippen LogP) is 4.29. The molecule has 0 bridgehead atoms. The lowest BCUT2D eigenvalue weighted by atomic mass is 9.96. The van der Waals surface area contributed by atoms with Crippen LogP contribution in [0.5, 0.6) is 0 Å². The Balaban J connectivity index is 2.55. The van der Waals surface area contributed by atoms with Crippen molar-refractivity contribution in [1.29, 1.82) is 0 Å². The molecule has 18 heavy (non-hydrogen) atoms. The number of rotatable bonds is 3. The van der Waals surface area contributed by atoms with Gasteiger partial charge in [0.1, 0.15) is 6.29 Å². The van der Waals surface area contributed by atoms with E-state index in [1.165, 1.54) is 10.3 Å². The fourth-order valence-electron chi connectivity index (χ4n) is 1.96. The van der Waals surface area contributed by atoms with E-state index in [4.69, 9.17) is 4.98 Å². The number of aldehydes is 1. The Morgan fingerprint density at radius 2 is 2.11 bits per heavy atom. The molecular formula is C15H19NOS. The molecule has 0 aliphatic heterocycles. The van der Waals surface area contributed by atoms with Crippen LogP contribution in [0.1, 0.15) is 50.6 Å². The zero-order valence-electron chi connectivity index (χ0n) is 11.4. The van der Waals surface area contributed by atoms with Crippen molar-refractivity contribution in [3.8, 4) is 0 Å². The Morgan fingerprint density at radius 1 is 1.39 bits per heavy atom. The van der Waals surface area contributed by atoms with Gasteiger partial charge in [-0.3, -0.25) is 0 Å². The molecule has 0 saturated carbocycles. The van der Waals surface area contributed by atoms with Crippen LogP contribution in [-0.2, 0) is 10.2 Å². The second kappa shape index (κ2) is 4.81. The minimum Gasteiger partial charge on any atom is -0.303 e. The van der Waals surface area contributed by atoms with Crippen molar-refractivity contribution in [1.82, 2.24) is 4.98 Å². The van der Waals surface area contributed by atoms with E-state index in [0.717, 1.165) is 16.8 Å². The third-order valence-corrected chi connectivity index (χ3v) is 4.52. The molecule has 0 saturated heterocycles. The van der Waals surface area contributed by atoms with Gasteiger partial charge in [-0.25, -0.2) is 4.98 Å². The number of benzene rings is 1. The molecule has 2 aromatic rings. The van der Waals surface area contributed by atoms with Crippen LogP contribution in [0.2, 0.25) is 0 Å². The van der Waals surface area contributed by atoms with Gasteiger partial charge in [-0.05, 0) is 17.5 Å². The quantitative estimate of drug-likeness (QED) is 0.772. The predicted molar refractivity (Wildman–Crippen MR) is 77.4 cm³/mol. The first-order chi connectivity index (χ1) is 8.43. The summed E-state index contributed by atoms with van der Waals surface area (Å²) in [6, 6.07) is 6.26. The molecule has 0 aliphatic carbocycles. The van der Waals surface area contributed by atoms with E-state index < -0.39 is 0 Å². The third-order valence-electron chi connectivity index (χ3n) is 3.07. The molecule has 0 fully saturated rings. The van der Waals surface area contributed by atoms with Crippen LogP contribution in [0.25, 0.3) is 10.2 Å². The van der Waals surface area contributed by atoms with Crippen molar-refractivity contribution in [3.63, 3.8) is 0 Å². The molecular weight excluding hydrogens is 242 g/mol. The Morgan fingerprint density at radius 3 is 2.72 bits per heavy atom. The lowest BCUT2D eigenvalue weighted by Gasteiger charge is -2.13. The maximum Gasteiger partial charge on any atom is 0.120 e. The van der Waals surface area contributed by atoms with Crippen molar-refractivity contribution >= 4 is 27.8 Å². The molecule has 0 radical (unpaired) electrons. The zero-order valence-corrected chi connectivity index (χ0v) is 12.2. The summed E-state index contributed by atoms with van der Waals surface area (Å²) in [5.74, 6) is 0.237. The van der Waals surface area contributed by atoms with Crippen molar-refractivity contribution in [2.24, 2.45) is 0 Å². The number of carbonyl (C=O) groups excluding carboxylic acids is 1. The number of thiazole rings is 1. The molecule has 3 heteroatoms. The lowest BCUT2D eigenvalue weighted by molar-refractivity contribution is -0.108. The highest BCUT2D eigenvalue weighted by Gasteiger charge is 2.20. The highest BCUT2D eigenvalue weighted by Crippen LogP contribution is 2.35. The van der Waals surface area contributed by atoms with Crippen molar-refractivity contribution in [3.05, 3.63) is 28.8 Å².